The molecule has 6 nitrogen and oxygen atoms in total. The van der Waals surface area contributed by atoms with Gasteiger partial charge in [0.1, 0.15) is 11.9 Å². The molecule has 0 saturated carbocycles. The lowest BCUT2D eigenvalue weighted by atomic mass is 9.94. The summed E-state index contributed by atoms with van der Waals surface area (Å²) in [7, 11) is -3.31. The van der Waals surface area contributed by atoms with Crippen LogP contribution in [-0.2, 0) is 20.8 Å². The van der Waals surface area contributed by atoms with E-state index < -0.39 is 27.1 Å². The van der Waals surface area contributed by atoms with Gasteiger partial charge in [0.25, 0.3) is 0 Å². The number of halogens is 3. The molecular weight excluding hydrogens is 481 g/mol. The number of hydrogen-bond donors (Lipinski definition) is 1. The molecule has 1 aliphatic rings. The maximum atomic E-state index is 13.3. The van der Waals surface area contributed by atoms with Crippen molar-refractivity contribution in [1.82, 2.24) is 10.2 Å². The molecular formula is C25H31F3N2O4S. The average Bonchev–Trinajstić information content (AvgIpc) is 3.26. The second-order valence-electron chi connectivity index (χ2n) is 9.16. The van der Waals surface area contributed by atoms with Crippen LogP contribution in [0.4, 0.5) is 13.2 Å². The zero-order valence-electron chi connectivity index (χ0n) is 20.2. The van der Waals surface area contributed by atoms with Gasteiger partial charge in [0.05, 0.1) is 22.0 Å². The van der Waals surface area contributed by atoms with E-state index in [1.807, 2.05) is 25.7 Å². The van der Waals surface area contributed by atoms with Gasteiger partial charge in [-0.3, -0.25) is 9.69 Å². The molecule has 35 heavy (non-hydrogen) atoms. The lowest BCUT2D eigenvalue weighted by Gasteiger charge is -2.37. The Bertz CT molecular complexity index is 1150. The second kappa shape index (κ2) is 10.2. The van der Waals surface area contributed by atoms with Crippen LogP contribution >= 0.6 is 0 Å². The number of carbonyl (C=O) groups excluding carboxylic acids is 1. The fourth-order valence-corrected chi connectivity index (χ4v) is 4.81. The first-order valence-corrected chi connectivity index (χ1v) is 13.3. The number of carbonyl (C=O) groups is 1. The highest BCUT2D eigenvalue weighted by Crippen LogP contribution is 2.33. The van der Waals surface area contributed by atoms with Crippen LogP contribution in [0.1, 0.15) is 50.8 Å². The molecule has 0 radical (unpaired) electrons. The Morgan fingerprint density at radius 3 is 2.43 bits per heavy atom. The van der Waals surface area contributed by atoms with Crippen LogP contribution < -0.4 is 10.1 Å². The number of rotatable bonds is 8. The monoisotopic (exact) mass is 512 g/mol. The standard InChI is InChI=1S/C25H31F3N2O4S/c1-5-24(3,23(31)29-17(2)18-9-11-22(12-10-18)35(4,32)33)30-14-13-21(16-30)34-20-8-6-7-19(15-20)25(26,27)28/h6-12,15,17,21H,5,13-14,16H2,1-4H3,(H,29,31)/t17-,21+,24?/m0/s1. The molecule has 2 aromatic carbocycles. The molecule has 0 spiro atoms. The maximum Gasteiger partial charge on any atom is 0.416 e. The summed E-state index contributed by atoms with van der Waals surface area (Å²) >= 11 is 0. The summed E-state index contributed by atoms with van der Waals surface area (Å²) < 4.78 is 68.2. The molecule has 1 saturated heterocycles. The van der Waals surface area contributed by atoms with Crippen LogP contribution in [0.3, 0.4) is 0 Å². The highest BCUT2D eigenvalue weighted by molar-refractivity contribution is 7.90. The number of benzene rings is 2. The van der Waals surface area contributed by atoms with E-state index in [1.54, 1.807) is 12.1 Å². The van der Waals surface area contributed by atoms with Crippen molar-refractivity contribution in [3.05, 3.63) is 59.7 Å². The summed E-state index contributed by atoms with van der Waals surface area (Å²) in [5, 5.41) is 3.02. The quantitative estimate of drug-likeness (QED) is 0.559. The first kappa shape index (κ1) is 27.0. The SMILES string of the molecule is CCC(C)(C(=O)N[C@@H](C)c1ccc(S(C)(=O)=O)cc1)N1CC[C@@H](Oc2cccc(C(F)(F)F)c2)C1. The molecule has 1 unspecified atom stereocenters. The zero-order valence-corrected chi connectivity index (χ0v) is 21.0. The van der Waals surface area contributed by atoms with Gasteiger partial charge in [0, 0.05) is 19.3 Å². The van der Waals surface area contributed by atoms with Crippen molar-refractivity contribution in [2.75, 3.05) is 19.3 Å². The lowest BCUT2D eigenvalue weighted by molar-refractivity contribution is -0.137. The normalized spacial score (nSPS) is 19.7. The summed E-state index contributed by atoms with van der Waals surface area (Å²) in [6, 6.07) is 10.9. The highest BCUT2D eigenvalue weighted by Gasteiger charge is 2.42. The molecule has 0 aromatic heterocycles. The number of sulfone groups is 1. The van der Waals surface area contributed by atoms with Gasteiger partial charge >= 0.3 is 6.18 Å². The maximum absolute atomic E-state index is 13.3. The molecule has 1 amide bonds. The molecule has 1 heterocycles. The molecule has 192 valence electrons. The van der Waals surface area contributed by atoms with Gasteiger partial charge in [-0.15, -0.1) is 0 Å². The first-order valence-electron chi connectivity index (χ1n) is 11.4. The zero-order chi connectivity index (χ0) is 26.0. The number of nitrogens with one attached hydrogen (secondary N) is 1. The number of nitrogens with zero attached hydrogens (tertiary/aromatic N) is 1. The van der Waals surface area contributed by atoms with E-state index in [4.69, 9.17) is 4.74 Å². The van der Waals surface area contributed by atoms with Crippen molar-refractivity contribution in [1.29, 1.82) is 0 Å². The third-order valence-corrected chi connectivity index (χ3v) is 7.77. The Morgan fingerprint density at radius 2 is 1.86 bits per heavy atom. The number of ether oxygens (including phenoxy) is 1. The Balaban J connectivity index is 1.65. The molecule has 1 N–H and O–H groups in total. The van der Waals surface area contributed by atoms with Gasteiger partial charge in [-0.2, -0.15) is 13.2 Å². The summed E-state index contributed by atoms with van der Waals surface area (Å²) in [5.74, 6) is -0.0279. The third-order valence-electron chi connectivity index (χ3n) is 6.64. The second-order valence-corrected chi connectivity index (χ2v) is 11.2. The van der Waals surface area contributed by atoms with Crippen molar-refractivity contribution in [2.24, 2.45) is 0 Å². The van der Waals surface area contributed by atoms with Gasteiger partial charge in [-0.05, 0) is 62.6 Å². The Hall–Kier alpha value is -2.59. The minimum atomic E-state index is -4.44. The topological polar surface area (TPSA) is 75.7 Å². The number of likely N-dealkylation sites (tertiary alicyclic amines) is 1. The molecule has 0 bridgehead atoms. The van der Waals surface area contributed by atoms with E-state index in [1.165, 1.54) is 24.3 Å². The molecule has 10 heteroatoms. The largest absolute Gasteiger partial charge is 0.489 e. The van der Waals surface area contributed by atoms with E-state index in [0.717, 1.165) is 24.0 Å². The van der Waals surface area contributed by atoms with Crippen LogP contribution in [0, 0.1) is 0 Å². The van der Waals surface area contributed by atoms with E-state index in [2.05, 4.69) is 5.32 Å². The fraction of sp³-hybridized carbons (Fsp3) is 0.480. The minimum Gasteiger partial charge on any atom is -0.489 e. The van der Waals surface area contributed by atoms with Crippen LogP contribution in [0.2, 0.25) is 0 Å². The summed E-state index contributed by atoms with van der Waals surface area (Å²) in [5.41, 5.74) is -0.829. The molecule has 3 atom stereocenters. The highest BCUT2D eigenvalue weighted by atomic mass is 32.2. The number of alkyl halides is 3. The van der Waals surface area contributed by atoms with E-state index >= 15 is 0 Å². The summed E-state index contributed by atoms with van der Waals surface area (Å²) in [6.07, 6.45) is -2.53. The molecule has 2 aromatic rings. The lowest BCUT2D eigenvalue weighted by Crippen LogP contribution is -2.56. The van der Waals surface area contributed by atoms with Crippen LogP contribution in [-0.4, -0.2) is 50.2 Å². The summed E-state index contributed by atoms with van der Waals surface area (Å²) in [6.45, 7) is 6.55. The number of amides is 1. The van der Waals surface area contributed by atoms with Crippen LogP contribution in [0.25, 0.3) is 0 Å². The minimum absolute atomic E-state index is 0.153. The third kappa shape index (κ3) is 6.35. The van der Waals surface area contributed by atoms with Crippen molar-refractivity contribution in [3.8, 4) is 5.75 Å². The van der Waals surface area contributed by atoms with Crippen LogP contribution in [0.15, 0.2) is 53.4 Å². The fourth-order valence-electron chi connectivity index (χ4n) is 4.18. The summed E-state index contributed by atoms with van der Waals surface area (Å²) in [4.78, 5) is 15.5. The predicted molar refractivity (Wildman–Crippen MR) is 127 cm³/mol. The van der Waals surface area contributed by atoms with Crippen LogP contribution in [0.5, 0.6) is 5.75 Å². The first-order chi connectivity index (χ1) is 16.2. The average molecular weight is 513 g/mol. The van der Waals surface area contributed by atoms with Crippen molar-refractivity contribution >= 4 is 15.7 Å². The Kier molecular flexibility index (Phi) is 7.86. The molecule has 1 aliphatic heterocycles. The Labute approximate surface area is 204 Å². The Morgan fingerprint density at radius 1 is 1.20 bits per heavy atom. The van der Waals surface area contributed by atoms with Gasteiger partial charge in [0.15, 0.2) is 9.84 Å². The predicted octanol–water partition coefficient (Wildman–Crippen LogP) is 4.61. The smallest absolute Gasteiger partial charge is 0.416 e. The molecule has 1 fully saturated rings. The van der Waals surface area contributed by atoms with Gasteiger partial charge < -0.3 is 10.1 Å². The van der Waals surface area contributed by atoms with Gasteiger partial charge in [0.2, 0.25) is 5.91 Å². The van der Waals surface area contributed by atoms with Gasteiger partial charge in [-0.1, -0.05) is 25.1 Å². The van der Waals surface area contributed by atoms with E-state index in [9.17, 15) is 26.4 Å². The van der Waals surface area contributed by atoms with E-state index in [-0.39, 0.29) is 28.7 Å². The van der Waals surface area contributed by atoms with Gasteiger partial charge in [-0.25, -0.2) is 8.42 Å². The van der Waals surface area contributed by atoms with Crippen molar-refractivity contribution in [2.45, 2.75) is 62.4 Å². The molecule has 3 rings (SSSR count). The van der Waals surface area contributed by atoms with Crippen molar-refractivity contribution in [3.63, 3.8) is 0 Å². The molecule has 0 aliphatic carbocycles. The van der Waals surface area contributed by atoms with Crippen molar-refractivity contribution < 1.29 is 31.1 Å². The number of hydrogen-bond acceptors (Lipinski definition) is 5. The van der Waals surface area contributed by atoms with E-state index in [0.29, 0.717) is 25.9 Å².